The molecule has 1 aromatic carbocycles. The Labute approximate surface area is 130 Å². The molecular weight excluding hydrogens is 350 g/mol. The highest BCUT2D eigenvalue weighted by Crippen LogP contribution is 2.22. The van der Waals surface area contributed by atoms with Gasteiger partial charge < -0.3 is 15.6 Å². The number of esters is 1. The molecule has 3 N–H and O–H groups in total. The first-order chi connectivity index (χ1) is 9.36. The lowest BCUT2D eigenvalue weighted by Gasteiger charge is -2.15. The number of rotatable bonds is 6. The van der Waals surface area contributed by atoms with Crippen LogP contribution in [0.2, 0.25) is 5.02 Å². The van der Waals surface area contributed by atoms with Gasteiger partial charge in [0.05, 0.1) is 12.6 Å². The summed E-state index contributed by atoms with van der Waals surface area (Å²) in [7, 11) is 0. The first kappa shape index (κ1) is 17.1. The molecule has 0 spiro atoms. The molecule has 0 aliphatic rings. The van der Waals surface area contributed by atoms with E-state index in [4.69, 9.17) is 17.3 Å². The number of Topliss-reactive ketones (excluding diaryl/α,β-unsaturated/α-hetero) is 1. The summed E-state index contributed by atoms with van der Waals surface area (Å²) in [4.78, 5) is 23.1. The Morgan fingerprint density at radius 1 is 1.50 bits per heavy atom. The summed E-state index contributed by atoms with van der Waals surface area (Å²) in [5, 5.41) is 9.99. The van der Waals surface area contributed by atoms with E-state index in [1.54, 1.807) is 25.1 Å². The van der Waals surface area contributed by atoms with Crippen molar-refractivity contribution in [2.24, 2.45) is 5.73 Å². The zero-order valence-electron chi connectivity index (χ0n) is 10.8. The van der Waals surface area contributed by atoms with Gasteiger partial charge in [0.25, 0.3) is 0 Å². The van der Waals surface area contributed by atoms with E-state index in [2.05, 4.69) is 20.7 Å². The monoisotopic (exact) mass is 363 g/mol. The van der Waals surface area contributed by atoms with Crippen molar-refractivity contribution in [2.45, 2.75) is 25.5 Å². The standard InChI is InChI=1S/C13H15BrClNO4/c1-2-20-13(19)12(18)11(17)10(16)5-7-3-4-8(14)6-9(7)15/h3-4,6,10,12,18H,2,5,16H2,1H3/t10-,12-/m1/s1. The van der Waals surface area contributed by atoms with Crippen molar-refractivity contribution < 1.29 is 19.4 Å². The molecule has 0 aliphatic carbocycles. The third kappa shape index (κ3) is 4.56. The predicted octanol–water partition coefficient (Wildman–Crippen LogP) is 1.47. The Hall–Kier alpha value is -0.950. The zero-order chi connectivity index (χ0) is 15.3. The van der Waals surface area contributed by atoms with E-state index < -0.39 is 23.9 Å². The normalized spacial score (nSPS) is 13.7. The highest BCUT2D eigenvalue weighted by atomic mass is 79.9. The maximum atomic E-state index is 11.8. The summed E-state index contributed by atoms with van der Waals surface area (Å²) in [6.07, 6.45) is -1.74. The number of ether oxygens (including phenoxy) is 1. The molecular formula is C13H15BrClNO4. The van der Waals surface area contributed by atoms with Crippen LogP contribution in [-0.4, -0.2) is 35.6 Å². The molecule has 0 aromatic heterocycles. The lowest BCUT2D eigenvalue weighted by atomic mass is 10.00. The van der Waals surface area contributed by atoms with Crippen LogP contribution in [0.4, 0.5) is 0 Å². The summed E-state index contributed by atoms with van der Waals surface area (Å²) in [6, 6.07) is 4.12. The van der Waals surface area contributed by atoms with Crippen LogP contribution in [0.15, 0.2) is 22.7 Å². The number of halogens is 2. The number of aliphatic hydroxyl groups excluding tert-OH is 1. The van der Waals surface area contributed by atoms with Crippen LogP contribution in [0.1, 0.15) is 12.5 Å². The van der Waals surface area contributed by atoms with Gasteiger partial charge in [-0.25, -0.2) is 4.79 Å². The summed E-state index contributed by atoms with van der Waals surface area (Å²) in [5.74, 6) is -1.78. The SMILES string of the molecule is CCOC(=O)[C@H](O)C(=O)[C@H](N)Cc1ccc(Br)cc1Cl. The smallest absolute Gasteiger partial charge is 0.342 e. The van der Waals surface area contributed by atoms with Gasteiger partial charge >= 0.3 is 5.97 Å². The molecule has 1 rings (SSSR count). The lowest BCUT2D eigenvalue weighted by Crippen LogP contribution is -2.44. The van der Waals surface area contributed by atoms with Crippen LogP contribution in [0.25, 0.3) is 0 Å². The first-order valence-corrected chi connectivity index (χ1v) is 7.11. The van der Waals surface area contributed by atoms with Crippen LogP contribution in [0.5, 0.6) is 0 Å². The second kappa shape index (κ2) is 7.73. The Balaban J connectivity index is 2.72. The number of carbonyl (C=O) groups is 2. The third-order valence-corrected chi connectivity index (χ3v) is 3.44. The molecule has 0 amide bonds. The van der Waals surface area contributed by atoms with Gasteiger partial charge in [0.2, 0.25) is 6.10 Å². The van der Waals surface area contributed by atoms with Gasteiger partial charge in [-0.05, 0) is 31.0 Å². The van der Waals surface area contributed by atoms with E-state index in [0.717, 1.165) is 4.47 Å². The Kier molecular flexibility index (Phi) is 6.61. The van der Waals surface area contributed by atoms with E-state index >= 15 is 0 Å². The number of nitrogens with two attached hydrogens (primary N) is 1. The minimum absolute atomic E-state index is 0.0803. The van der Waals surface area contributed by atoms with Gasteiger partial charge in [0.15, 0.2) is 5.78 Å². The number of hydrogen-bond acceptors (Lipinski definition) is 5. The van der Waals surface area contributed by atoms with Gasteiger partial charge in [-0.3, -0.25) is 4.79 Å². The topological polar surface area (TPSA) is 89.6 Å². The fourth-order valence-electron chi connectivity index (χ4n) is 1.56. The van der Waals surface area contributed by atoms with E-state index in [-0.39, 0.29) is 13.0 Å². The van der Waals surface area contributed by atoms with E-state index in [9.17, 15) is 14.7 Å². The molecule has 20 heavy (non-hydrogen) atoms. The molecule has 0 fully saturated rings. The molecule has 5 nitrogen and oxygen atoms in total. The molecule has 0 heterocycles. The van der Waals surface area contributed by atoms with Crippen LogP contribution >= 0.6 is 27.5 Å². The second-order valence-electron chi connectivity index (χ2n) is 4.10. The zero-order valence-corrected chi connectivity index (χ0v) is 13.1. The van der Waals surface area contributed by atoms with Crippen LogP contribution in [0.3, 0.4) is 0 Å². The number of hydrogen-bond donors (Lipinski definition) is 2. The molecule has 0 bridgehead atoms. The van der Waals surface area contributed by atoms with Crippen LogP contribution in [-0.2, 0) is 20.7 Å². The molecule has 110 valence electrons. The molecule has 0 saturated heterocycles. The lowest BCUT2D eigenvalue weighted by molar-refractivity contribution is -0.157. The third-order valence-electron chi connectivity index (χ3n) is 2.60. The first-order valence-electron chi connectivity index (χ1n) is 5.94. The molecule has 0 saturated carbocycles. The molecule has 7 heteroatoms. The van der Waals surface area contributed by atoms with Gasteiger partial charge in [-0.2, -0.15) is 0 Å². The quantitative estimate of drug-likeness (QED) is 0.589. The Morgan fingerprint density at radius 2 is 2.15 bits per heavy atom. The fourth-order valence-corrected chi connectivity index (χ4v) is 2.32. The van der Waals surface area contributed by atoms with Crippen molar-refractivity contribution in [3.8, 4) is 0 Å². The second-order valence-corrected chi connectivity index (χ2v) is 5.43. The minimum atomic E-state index is -1.86. The highest BCUT2D eigenvalue weighted by Gasteiger charge is 2.30. The summed E-state index contributed by atoms with van der Waals surface area (Å²) >= 11 is 9.29. The molecule has 2 atom stereocenters. The molecule has 0 radical (unpaired) electrons. The van der Waals surface area contributed by atoms with Gasteiger partial charge in [-0.1, -0.05) is 33.6 Å². The largest absolute Gasteiger partial charge is 0.464 e. The summed E-state index contributed by atoms with van der Waals surface area (Å²) < 4.78 is 5.37. The highest BCUT2D eigenvalue weighted by molar-refractivity contribution is 9.10. The Morgan fingerprint density at radius 3 is 2.70 bits per heavy atom. The van der Waals surface area contributed by atoms with Crippen LogP contribution in [0, 0.1) is 0 Å². The van der Waals surface area contributed by atoms with Crippen molar-refractivity contribution in [1.29, 1.82) is 0 Å². The Bertz CT molecular complexity index is 509. The fraction of sp³-hybridized carbons (Fsp3) is 0.385. The number of benzene rings is 1. The van der Waals surface area contributed by atoms with Crippen molar-refractivity contribution in [2.75, 3.05) is 6.61 Å². The van der Waals surface area contributed by atoms with Crippen molar-refractivity contribution >= 4 is 39.3 Å². The molecule has 1 aromatic rings. The van der Waals surface area contributed by atoms with Crippen molar-refractivity contribution in [3.05, 3.63) is 33.3 Å². The summed E-state index contributed by atoms with van der Waals surface area (Å²) in [5.41, 5.74) is 6.36. The van der Waals surface area contributed by atoms with E-state index in [0.29, 0.717) is 10.6 Å². The van der Waals surface area contributed by atoms with Crippen molar-refractivity contribution in [3.63, 3.8) is 0 Å². The predicted molar refractivity (Wildman–Crippen MR) is 78.5 cm³/mol. The van der Waals surface area contributed by atoms with Gasteiger partial charge in [-0.15, -0.1) is 0 Å². The summed E-state index contributed by atoms with van der Waals surface area (Å²) in [6.45, 7) is 1.66. The maximum Gasteiger partial charge on any atom is 0.342 e. The number of aliphatic hydroxyl groups is 1. The maximum absolute atomic E-state index is 11.8. The van der Waals surface area contributed by atoms with Crippen LogP contribution < -0.4 is 5.73 Å². The minimum Gasteiger partial charge on any atom is -0.464 e. The number of carbonyl (C=O) groups excluding carboxylic acids is 2. The van der Waals surface area contributed by atoms with Gasteiger partial charge in [0.1, 0.15) is 0 Å². The van der Waals surface area contributed by atoms with Crippen molar-refractivity contribution in [1.82, 2.24) is 0 Å². The molecule has 0 unspecified atom stereocenters. The molecule has 0 aliphatic heterocycles. The number of ketones is 1. The van der Waals surface area contributed by atoms with E-state index in [1.807, 2.05) is 0 Å². The van der Waals surface area contributed by atoms with Gasteiger partial charge in [0, 0.05) is 9.50 Å². The average molecular weight is 365 g/mol. The average Bonchev–Trinajstić information content (AvgIpc) is 2.40. The van der Waals surface area contributed by atoms with E-state index in [1.165, 1.54) is 0 Å².